The number of aryl methyl sites for hydroxylation is 1. The largest absolute Gasteiger partial charge is 0.343 e. The van der Waals surface area contributed by atoms with Crippen LogP contribution in [0.4, 0.5) is 0 Å². The highest BCUT2D eigenvalue weighted by molar-refractivity contribution is 5.29. The van der Waals surface area contributed by atoms with Gasteiger partial charge in [-0.1, -0.05) is 5.16 Å². The predicted molar refractivity (Wildman–Crippen MR) is 64.0 cm³/mol. The number of hydrogen-bond acceptors (Lipinski definition) is 3. The third-order valence-corrected chi connectivity index (χ3v) is 3.64. The maximum Gasteiger partial charge on any atom is 0.229 e. The lowest BCUT2D eigenvalue weighted by Crippen LogP contribution is -2.02. The van der Waals surface area contributed by atoms with Gasteiger partial charge in [0.1, 0.15) is 0 Å². The first kappa shape index (κ1) is 10.6. The zero-order valence-electron chi connectivity index (χ0n) is 10.5. The molecule has 0 saturated heterocycles. The van der Waals surface area contributed by atoms with Crippen LogP contribution in [0.5, 0.6) is 0 Å². The second-order valence-corrected chi connectivity index (χ2v) is 4.97. The molecule has 2 aromatic rings. The number of rotatable bonds is 3. The topological polar surface area (TPSA) is 43.9 Å². The first-order valence-electron chi connectivity index (χ1n) is 6.10. The summed E-state index contributed by atoms with van der Waals surface area (Å²) >= 11 is 0. The summed E-state index contributed by atoms with van der Waals surface area (Å²) in [6, 6.07) is 0. The monoisotopic (exact) mass is 231 g/mol. The molecular formula is C13H17N3O. The van der Waals surface area contributed by atoms with Crippen LogP contribution in [0.1, 0.15) is 47.3 Å². The van der Waals surface area contributed by atoms with E-state index in [-0.39, 0.29) is 0 Å². The smallest absolute Gasteiger partial charge is 0.229 e. The molecule has 0 aromatic carbocycles. The van der Waals surface area contributed by atoms with Crippen LogP contribution >= 0.6 is 0 Å². The average Bonchev–Trinajstić information content (AvgIpc) is 3.02. The number of hydrogen-bond donors (Lipinski definition) is 0. The predicted octanol–water partition coefficient (Wildman–Crippen LogP) is 2.72. The van der Waals surface area contributed by atoms with E-state index in [1.54, 1.807) is 0 Å². The minimum absolute atomic E-state index is 0.533. The van der Waals surface area contributed by atoms with Gasteiger partial charge in [-0.25, -0.2) is 0 Å². The minimum atomic E-state index is 0.533. The van der Waals surface area contributed by atoms with Crippen LogP contribution in [-0.2, 0) is 6.54 Å². The second kappa shape index (κ2) is 3.72. The molecule has 17 heavy (non-hydrogen) atoms. The van der Waals surface area contributed by atoms with E-state index >= 15 is 0 Å². The van der Waals surface area contributed by atoms with Crippen LogP contribution in [0, 0.1) is 20.8 Å². The van der Waals surface area contributed by atoms with Gasteiger partial charge in [-0.3, -0.25) is 0 Å². The molecule has 2 heterocycles. The molecule has 0 spiro atoms. The molecule has 3 rings (SSSR count). The molecule has 0 amide bonds. The van der Waals surface area contributed by atoms with Crippen LogP contribution in [0.25, 0.3) is 0 Å². The first-order valence-corrected chi connectivity index (χ1v) is 6.10. The molecule has 1 aliphatic carbocycles. The Morgan fingerprint density at radius 1 is 1.35 bits per heavy atom. The lowest BCUT2D eigenvalue weighted by atomic mass is 10.2. The molecule has 4 nitrogen and oxygen atoms in total. The van der Waals surface area contributed by atoms with Crippen LogP contribution in [0.15, 0.2) is 10.7 Å². The van der Waals surface area contributed by atoms with E-state index in [0.717, 1.165) is 11.7 Å². The fourth-order valence-corrected chi connectivity index (χ4v) is 2.07. The Morgan fingerprint density at radius 2 is 2.12 bits per heavy atom. The molecule has 0 atom stereocenters. The fourth-order valence-electron chi connectivity index (χ4n) is 2.07. The molecule has 90 valence electrons. The summed E-state index contributed by atoms with van der Waals surface area (Å²) < 4.78 is 7.45. The van der Waals surface area contributed by atoms with Gasteiger partial charge >= 0.3 is 0 Å². The van der Waals surface area contributed by atoms with Gasteiger partial charge in [-0.05, 0) is 44.7 Å². The van der Waals surface area contributed by atoms with Gasteiger partial charge in [0, 0.05) is 17.8 Å². The molecule has 1 saturated carbocycles. The third-order valence-electron chi connectivity index (χ3n) is 3.64. The van der Waals surface area contributed by atoms with Crippen molar-refractivity contribution in [1.82, 2.24) is 14.7 Å². The number of aromatic nitrogens is 3. The van der Waals surface area contributed by atoms with Crippen molar-refractivity contribution in [1.29, 1.82) is 0 Å². The van der Waals surface area contributed by atoms with E-state index in [1.165, 1.54) is 29.7 Å². The van der Waals surface area contributed by atoms with Crippen molar-refractivity contribution in [2.24, 2.45) is 0 Å². The van der Waals surface area contributed by atoms with E-state index in [2.05, 4.69) is 41.7 Å². The van der Waals surface area contributed by atoms with Crippen molar-refractivity contribution in [3.8, 4) is 0 Å². The maximum atomic E-state index is 5.26. The fraction of sp³-hybridized carbons (Fsp3) is 0.538. The van der Waals surface area contributed by atoms with Gasteiger partial charge in [0.25, 0.3) is 0 Å². The minimum Gasteiger partial charge on any atom is -0.343 e. The second-order valence-electron chi connectivity index (χ2n) is 4.97. The van der Waals surface area contributed by atoms with E-state index in [1.807, 2.05) is 0 Å². The lowest BCUT2D eigenvalue weighted by Gasteiger charge is -2.01. The first-order chi connectivity index (χ1) is 8.15. The Kier molecular flexibility index (Phi) is 2.31. The van der Waals surface area contributed by atoms with Crippen molar-refractivity contribution in [3.63, 3.8) is 0 Å². The normalized spacial score (nSPS) is 15.5. The molecule has 1 aliphatic rings. The SMILES string of the molecule is Cc1cn(Cc2noc(C3CC3)n2)c(C)c1C. The summed E-state index contributed by atoms with van der Waals surface area (Å²) in [7, 11) is 0. The maximum absolute atomic E-state index is 5.26. The lowest BCUT2D eigenvalue weighted by molar-refractivity contribution is 0.373. The zero-order chi connectivity index (χ0) is 12.0. The van der Waals surface area contributed by atoms with Gasteiger partial charge in [-0.2, -0.15) is 4.98 Å². The Hall–Kier alpha value is -1.58. The van der Waals surface area contributed by atoms with Crippen LogP contribution in [0.2, 0.25) is 0 Å². The van der Waals surface area contributed by atoms with Crippen LogP contribution < -0.4 is 0 Å². The third kappa shape index (κ3) is 1.88. The van der Waals surface area contributed by atoms with Gasteiger partial charge in [-0.15, -0.1) is 0 Å². The molecule has 0 N–H and O–H groups in total. The Labute approximate surface area is 101 Å². The van der Waals surface area contributed by atoms with Crippen molar-refractivity contribution in [2.75, 3.05) is 0 Å². The summed E-state index contributed by atoms with van der Waals surface area (Å²) in [4.78, 5) is 4.45. The molecule has 2 aromatic heterocycles. The van der Waals surface area contributed by atoms with E-state index in [9.17, 15) is 0 Å². The van der Waals surface area contributed by atoms with E-state index in [4.69, 9.17) is 4.52 Å². The molecule has 0 aliphatic heterocycles. The standard InChI is InChI=1S/C13H17N3O/c1-8-6-16(10(3)9(8)2)7-12-14-13(17-15-12)11-4-5-11/h6,11H,4-5,7H2,1-3H3. The molecule has 0 radical (unpaired) electrons. The summed E-state index contributed by atoms with van der Waals surface area (Å²) in [6.45, 7) is 7.11. The van der Waals surface area contributed by atoms with Gasteiger partial charge in [0.2, 0.25) is 5.89 Å². The zero-order valence-corrected chi connectivity index (χ0v) is 10.5. The summed E-state index contributed by atoms with van der Waals surface area (Å²) in [6.07, 6.45) is 4.54. The summed E-state index contributed by atoms with van der Waals surface area (Å²) in [5.41, 5.74) is 3.93. The molecular weight excluding hydrogens is 214 g/mol. The van der Waals surface area contributed by atoms with Gasteiger partial charge < -0.3 is 9.09 Å². The van der Waals surface area contributed by atoms with Crippen molar-refractivity contribution in [3.05, 3.63) is 34.7 Å². The average molecular weight is 231 g/mol. The molecule has 0 unspecified atom stereocenters. The quantitative estimate of drug-likeness (QED) is 0.815. The Bertz CT molecular complexity index is 549. The molecule has 4 heteroatoms. The highest BCUT2D eigenvalue weighted by atomic mass is 16.5. The summed E-state index contributed by atoms with van der Waals surface area (Å²) in [5.74, 6) is 2.13. The van der Waals surface area contributed by atoms with Crippen LogP contribution in [-0.4, -0.2) is 14.7 Å². The van der Waals surface area contributed by atoms with Crippen molar-refractivity contribution >= 4 is 0 Å². The van der Waals surface area contributed by atoms with Crippen LogP contribution in [0.3, 0.4) is 0 Å². The van der Waals surface area contributed by atoms with Gasteiger partial charge in [0.15, 0.2) is 5.82 Å². The van der Waals surface area contributed by atoms with Crippen molar-refractivity contribution in [2.45, 2.75) is 46.1 Å². The highest BCUT2D eigenvalue weighted by Gasteiger charge is 2.29. The van der Waals surface area contributed by atoms with E-state index < -0.39 is 0 Å². The Balaban J connectivity index is 1.82. The van der Waals surface area contributed by atoms with E-state index in [0.29, 0.717) is 12.5 Å². The molecule has 1 fully saturated rings. The van der Waals surface area contributed by atoms with Crippen molar-refractivity contribution < 1.29 is 4.52 Å². The summed E-state index contributed by atoms with van der Waals surface area (Å²) in [5, 5.41) is 4.05. The van der Waals surface area contributed by atoms with Gasteiger partial charge in [0.05, 0.1) is 6.54 Å². The highest BCUT2D eigenvalue weighted by Crippen LogP contribution is 2.38. The number of nitrogens with zero attached hydrogens (tertiary/aromatic N) is 3. The Morgan fingerprint density at radius 3 is 2.71 bits per heavy atom. The molecule has 0 bridgehead atoms.